The predicted octanol–water partition coefficient (Wildman–Crippen LogP) is 1.67. The van der Waals surface area contributed by atoms with Crippen LogP contribution < -0.4 is 5.73 Å². The molecule has 0 saturated carbocycles. The highest BCUT2D eigenvalue weighted by molar-refractivity contribution is 4.87. The van der Waals surface area contributed by atoms with Gasteiger partial charge in [-0.3, -0.25) is 4.90 Å². The molecule has 2 aliphatic heterocycles. The first kappa shape index (κ1) is 13.3. The molecule has 0 aromatic heterocycles. The average Bonchev–Trinajstić information content (AvgIpc) is 2.54. The first-order chi connectivity index (χ1) is 8.20. The highest BCUT2D eigenvalue weighted by Crippen LogP contribution is 2.24. The average molecular weight is 239 g/mol. The van der Waals surface area contributed by atoms with Gasteiger partial charge in [0.15, 0.2) is 0 Å². The SMILES string of the molecule is CCN1CCCC(N2CCC(N)CC2C)CC1. The molecule has 3 heteroatoms. The zero-order valence-electron chi connectivity index (χ0n) is 11.6. The lowest BCUT2D eigenvalue weighted by molar-refractivity contribution is 0.0867. The topological polar surface area (TPSA) is 32.5 Å². The van der Waals surface area contributed by atoms with Crippen LogP contribution in [0, 0.1) is 0 Å². The third kappa shape index (κ3) is 3.43. The summed E-state index contributed by atoms with van der Waals surface area (Å²) < 4.78 is 0. The molecule has 0 aromatic rings. The van der Waals surface area contributed by atoms with E-state index in [0.717, 1.165) is 6.04 Å². The Bertz CT molecular complexity index is 232. The van der Waals surface area contributed by atoms with Gasteiger partial charge < -0.3 is 10.6 Å². The Morgan fingerprint density at radius 2 is 1.94 bits per heavy atom. The van der Waals surface area contributed by atoms with Crippen LogP contribution in [0.1, 0.15) is 46.0 Å². The highest BCUT2D eigenvalue weighted by Gasteiger charge is 2.29. The Hall–Kier alpha value is -0.120. The standard InChI is InChI=1S/C14H29N3/c1-3-16-8-4-5-14(7-9-16)17-10-6-13(15)11-12(17)2/h12-14H,3-11,15H2,1-2H3. The lowest BCUT2D eigenvalue weighted by Crippen LogP contribution is -2.50. The summed E-state index contributed by atoms with van der Waals surface area (Å²) in [5.74, 6) is 0. The summed E-state index contributed by atoms with van der Waals surface area (Å²) in [5.41, 5.74) is 6.06. The van der Waals surface area contributed by atoms with Crippen LogP contribution in [0.2, 0.25) is 0 Å². The van der Waals surface area contributed by atoms with Gasteiger partial charge in [0, 0.05) is 24.7 Å². The summed E-state index contributed by atoms with van der Waals surface area (Å²) in [6, 6.07) is 1.95. The van der Waals surface area contributed by atoms with Gasteiger partial charge in [-0.1, -0.05) is 6.92 Å². The van der Waals surface area contributed by atoms with E-state index in [1.165, 1.54) is 58.3 Å². The van der Waals surface area contributed by atoms with Gasteiger partial charge in [-0.15, -0.1) is 0 Å². The van der Waals surface area contributed by atoms with E-state index in [4.69, 9.17) is 5.73 Å². The van der Waals surface area contributed by atoms with Crippen molar-refractivity contribution in [3.63, 3.8) is 0 Å². The van der Waals surface area contributed by atoms with E-state index in [2.05, 4.69) is 23.6 Å². The van der Waals surface area contributed by atoms with Crippen molar-refractivity contribution in [1.29, 1.82) is 0 Å². The van der Waals surface area contributed by atoms with Crippen molar-refractivity contribution >= 4 is 0 Å². The normalized spacial score (nSPS) is 37.9. The van der Waals surface area contributed by atoms with Crippen LogP contribution >= 0.6 is 0 Å². The number of piperidine rings is 1. The van der Waals surface area contributed by atoms with Crippen molar-refractivity contribution in [2.45, 2.75) is 64.1 Å². The summed E-state index contributed by atoms with van der Waals surface area (Å²) in [6.07, 6.45) is 6.49. The fourth-order valence-corrected chi connectivity index (χ4v) is 3.56. The van der Waals surface area contributed by atoms with Crippen molar-refractivity contribution in [1.82, 2.24) is 9.80 Å². The minimum Gasteiger partial charge on any atom is -0.328 e. The molecular weight excluding hydrogens is 210 g/mol. The van der Waals surface area contributed by atoms with Crippen molar-refractivity contribution < 1.29 is 0 Å². The second-order valence-electron chi connectivity index (χ2n) is 5.89. The van der Waals surface area contributed by atoms with Crippen LogP contribution in [0.3, 0.4) is 0 Å². The smallest absolute Gasteiger partial charge is 0.0111 e. The summed E-state index contributed by atoms with van der Waals surface area (Å²) in [7, 11) is 0. The fraction of sp³-hybridized carbons (Fsp3) is 1.00. The predicted molar refractivity (Wildman–Crippen MR) is 73.1 cm³/mol. The quantitative estimate of drug-likeness (QED) is 0.795. The molecule has 2 rings (SSSR count). The molecule has 2 heterocycles. The molecule has 0 bridgehead atoms. The van der Waals surface area contributed by atoms with E-state index < -0.39 is 0 Å². The zero-order valence-corrected chi connectivity index (χ0v) is 11.6. The second-order valence-corrected chi connectivity index (χ2v) is 5.89. The molecule has 17 heavy (non-hydrogen) atoms. The van der Waals surface area contributed by atoms with Crippen molar-refractivity contribution in [3.05, 3.63) is 0 Å². The maximum Gasteiger partial charge on any atom is 0.0111 e. The largest absolute Gasteiger partial charge is 0.328 e. The van der Waals surface area contributed by atoms with Gasteiger partial charge in [0.2, 0.25) is 0 Å². The van der Waals surface area contributed by atoms with Crippen LogP contribution in [0.4, 0.5) is 0 Å². The molecule has 0 aliphatic carbocycles. The fourth-order valence-electron chi connectivity index (χ4n) is 3.56. The lowest BCUT2D eigenvalue weighted by Gasteiger charge is -2.41. The van der Waals surface area contributed by atoms with Crippen LogP contribution in [-0.2, 0) is 0 Å². The van der Waals surface area contributed by atoms with Gasteiger partial charge in [0.1, 0.15) is 0 Å². The number of rotatable bonds is 2. The monoisotopic (exact) mass is 239 g/mol. The van der Waals surface area contributed by atoms with Crippen LogP contribution in [0.25, 0.3) is 0 Å². The maximum atomic E-state index is 6.06. The van der Waals surface area contributed by atoms with Crippen LogP contribution in [0.15, 0.2) is 0 Å². The third-order valence-corrected chi connectivity index (χ3v) is 4.67. The molecule has 2 fully saturated rings. The number of likely N-dealkylation sites (tertiary alicyclic amines) is 2. The minimum absolute atomic E-state index is 0.444. The molecule has 2 aliphatic rings. The van der Waals surface area contributed by atoms with Crippen LogP contribution in [-0.4, -0.2) is 54.1 Å². The van der Waals surface area contributed by atoms with E-state index >= 15 is 0 Å². The minimum atomic E-state index is 0.444. The van der Waals surface area contributed by atoms with E-state index in [-0.39, 0.29) is 0 Å². The van der Waals surface area contributed by atoms with Gasteiger partial charge in [0.05, 0.1) is 0 Å². The number of hydrogen-bond donors (Lipinski definition) is 1. The molecule has 2 N–H and O–H groups in total. The van der Waals surface area contributed by atoms with Crippen LogP contribution in [0.5, 0.6) is 0 Å². The molecule has 0 spiro atoms. The summed E-state index contributed by atoms with van der Waals surface area (Å²) in [5, 5.41) is 0. The number of nitrogens with two attached hydrogens (primary N) is 1. The summed E-state index contributed by atoms with van der Waals surface area (Å²) in [6.45, 7) is 9.67. The van der Waals surface area contributed by atoms with Crippen molar-refractivity contribution in [2.75, 3.05) is 26.2 Å². The molecule has 0 amide bonds. The van der Waals surface area contributed by atoms with E-state index in [1.54, 1.807) is 0 Å². The molecule has 3 nitrogen and oxygen atoms in total. The van der Waals surface area contributed by atoms with Gasteiger partial charge in [-0.25, -0.2) is 0 Å². The molecule has 2 saturated heterocycles. The first-order valence-electron chi connectivity index (χ1n) is 7.44. The molecule has 0 radical (unpaired) electrons. The summed E-state index contributed by atoms with van der Waals surface area (Å²) >= 11 is 0. The Labute approximate surface area is 106 Å². The third-order valence-electron chi connectivity index (χ3n) is 4.67. The Morgan fingerprint density at radius 3 is 2.65 bits per heavy atom. The molecule has 3 atom stereocenters. The Morgan fingerprint density at radius 1 is 1.12 bits per heavy atom. The molecule has 3 unspecified atom stereocenters. The van der Waals surface area contributed by atoms with Gasteiger partial charge in [-0.05, 0) is 58.7 Å². The number of nitrogens with zero attached hydrogens (tertiary/aromatic N) is 2. The lowest BCUT2D eigenvalue weighted by atomic mass is 9.95. The Kier molecular flexibility index (Phi) is 4.83. The van der Waals surface area contributed by atoms with Crippen molar-refractivity contribution in [3.8, 4) is 0 Å². The highest BCUT2D eigenvalue weighted by atomic mass is 15.2. The summed E-state index contributed by atoms with van der Waals surface area (Å²) in [4.78, 5) is 5.34. The molecule has 100 valence electrons. The van der Waals surface area contributed by atoms with E-state index in [1.807, 2.05) is 0 Å². The van der Waals surface area contributed by atoms with Gasteiger partial charge in [0.25, 0.3) is 0 Å². The maximum absolute atomic E-state index is 6.06. The molecule has 0 aromatic carbocycles. The van der Waals surface area contributed by atoms with E-state index in [9.17, 15) is 0 Å². The number of hydrogen-bond acceptors (Lipinski definition) is 3. The second kappa shape index (κ2) is 6.17. The van der Waals surface area contributed by atoms with Gasteiger partial charge in [-0.2, -0.15) is 0 Å². The Balaban J connectivity index is 1.88. The first-order valence-corrected chi connectivity index (χ1v) is 7.44. The molecular formula is C14H29N3. The zero-order chi connectivity index (χ0) is 12.3. The van der Waals surface area contributed by atoms with E-state index in [0.29, 0.717) is 12.1 Å². The van der Waals surface area contributed by atoms with Crippen molar-refractivity contribution in [2.24, 2.45) is 5.73 Å². The van der Waals surface area contributed by atoms with Gasteiger partial charge >= 0.3 is 0 Å².